The lowest BCUT2D eigenvalue weighted by Gasteiger charge is -2.32. The number of carbonyl (C=O) groups is 1. The zero-order valence-corrected chi connectivity index (χ0v) is 9.74. The Kier molecular flexibility index (Phi) is 3.21. The molecule has 1 saturated heterocycles. The van der Waals surface area contributed by atoms with E-state index in [4.69, 9.17) is 9.31 Å². The standard InChI is InChI=1S/C11H17BO3/c1-6-9(8-13)7-12-14-10(2,3)11(4,5)15-12/h6-8H,1H2,2-5H3/b9-7-. The third kappa shape index (κ3) is 2.38. The van der Waals surface area contributed by atoms with Gasteiger partial charge in [0.2, 0.25) is 0 Å². The molecule has 3 nitrogen and oxygen atoms in total. The molecule has 0 radical (unpaired) electrons. The molecule has 0 aliphatic carbocycles. The lowest BCUT2D eigenvalue weighted by molar-refractivity contribution is -0.104. The summed E-state index contributed by atoms with van der Waals surface area (Å²) in [6, 6.07) is 0. The summed E-state index contributed by atoms with van der Waals surface area (Å²) in [7, 11) is -0.479. The van der Waals surface area contributed by atoms with Crippen LogP contribution in [0.25, 0.3) is 0 Å². The minimum atomic E-state index is -0.479. The number of hydrogen-bond donors (Lipinski definition) is 0. The van der Waals surface area contributed by atoms with Crippen molar-refractivity contribution in [3.8, 4) is 0 Å². The summed E-state index contributed by atoms with van der Waals surface area (Å²) in [5, 5.41) is 0. The summed E-state index contributed by atoms with van der Waals surface area (Å²) in [5.74, 6) is 1.64. The molecule has 0 saturated carbocycles. The molecule has 0 atom stereocenters. The molecule has 1 aliphatic heterocycles. The van der Waals surface area contributed by atoms with Gasteiger partial charge in [0.1, 0.15) is 6.29 Å². The third-order valence-electron chi connectivity index (χ3n) is 2.97. The molecule has 0 spiro atoms. The fraction of sp³-hybridized carbons (Fsp3) is 0.545. The summed E-state index contributed by atoms with van der Waals surface area (Å²) < 4.78 is 11.4. The number of hydrogen-bond acceptors (Lipinski definition) is 3. The maximum absolute atomic E-state index is 10.6. The first-order chi connectivity index (χ1) is 6.82. The van der Waals surface area contributed by atoms with E-state index in [9.17, 15) is 4.79 Å². The Balaban J connectivity index is 2.84. The van der Waals surface area contributed by atoms with Crippen molar-refractivity contribution >= 4 is 13.4 Å². The van der Waals surface area contributed by atoms with Crippen LogP contribution in [-0.2, 0) is 14.1 Å². The molecular formula is C11H17BO3. The second kappa shape index (κ2) is 3.95. The molecule has 0 bridgehead atoms. The normalized spacial score (nSPS) is 24.0. The SMILES string of the molecule is C=C/C(C=O)=C/B1OC(C)(C)C(C)(C)O1. The second-order valence-electron chi connectivity index (χ2n) is 4.61. The largest absolute Gasteiger partial charge is 0.487 e. The van der Waals surface area contributed by atoms with E-state index in [-0.39, 0.29) is 11.2 Å². The molecule has 0 aromatic rings. The molecule has 1 rings (SSSR count). The highest BCUT2D eigenvalue weighted by Gasteiger charge is 2.50. The minimum Gasteiger partial charge on any atom is -0.400 e. The van der Waals surface area contributed by atoms with Crippen LogP contribution < -0.4 is 0 Å². The monoisotopic (exact) mass is 208 g/mol. The molecule has 0 aromatic heterocycles. The van der Waals surface area contributed by atoms with Crippen LogP contribution in [0.4, 0.5) is 0 Å². The van der Waals surface area contributed by atoms with Crippen molar-refractivity contribution in [1.82, 2.24) is 0 Å². The van der Waals surface area contributed by atoms with E-state index in [0.29, 0.717) is 5.57 Å². The Hall–Kier alpha value is -0.865. The van der Waals surface area contributed by atoms with Crippen molar-refractivity contribution in [2.45, 2.75) is 38.9 Å². The quantitative estimate of drug-likeness (QED) is 0.307. The van der Waals surface area contributed by atoms with Crippen LogP contribution in [0.15, 0.2) is 24.2 Å². The zero-order valence-electron chi connectivity index (χ0n) is 9.74. The topological polar surface area (TPSA) is 35.5 Å². The van der Waals surface area contributed by atoms with Gasteiger partial charge < -0.3 is 9.31 Å². The Bertz CT molecular complexity index is 279. The summed E-state index contributed by atoms with van der Waals surface area (Å²) in [6.45, 7) is 11.4. The third-order valence-corrected chi connectivity index (χ3v) is 2.97. The maximum atomic E-state index is 10.6. The van der Waals surface area contributed by atoms with Crippen LogP contribution in [0.3, 0.4) is 0 Å². The van der Waals surface area contributed by atoms with Gasteiger partial charge in [0.15, 0.2) is 0 Å². The molecule has 1 heterocycles. The smallest absolute Gasteiger partial charge is 0.400 e. The molecule has 0 N–H and O–H groups in total. The van der Waals surface area contributed by atoms with Crippen molar-refractivity contribution in [3.05, 3.63) is 24.2 Å². The Morgan fingerprint density at radius 3 is 2.00 bits per heavy atom. The molecule has 82 valence electrons. The fourth-order valence-corrected chi connectivity index (χ4v) is 1.27. The lowest BCUT2D eigenvalue weighted by Crippen LogP contribution is -2.41. The van der Waals surface area contributed by atoms with Gasteiger partial charge in [-0.25, -0.2) is 0 Å². The van der Waals surface area contributed by atoms with E-state index in [1.807, 2.05) is 27.7 Å². The van der Waals surface area contributed by atoms with Crippen LogP contribution in [0, 0.1) is 0 Å². The van der Waals surface area contributed by atoms with Crippen LogP contribution >= 0.6 is 0 Å². The molecule has 0 amide bonds. The second-order valence-corrected chi connectivity index (χ2v) is 4.61. The number of rotatable bonds is 3. The Morgan fingerprint density at radius 2 is 1.67 bits per heavy atom. The first-order valence-electron chi connectivity index (χ1n) is 4.97. The average Bonchev–Trinajstić information content (AvgIpc) is 2.31. The summed E-state index contributed by atoms with van der Waals surface area (Å²) >= 11 is 0. The summed E-state index contributed by atoms with van der Waals surface area (Å²) in [5.41, 5.74) is -0.263. The minimum absolute atomic E-state index is 0.372. The van der Waals surface area contributed by atoms with Crippen LogP contribution in [0.2, 0.25) is 0 Å². The van der Waals surface area contributed by atoms with Crippen molar-refractivity contribution in [2.24, 2.45) is 0 Å². The molecule has 1 fully saturated rings. The number of allylic oxidation sites excluding steroid dienone is 2. The first kappa shape index (κ1) is 12.2. The van der Waals surface area contributed by atoms with Gasteiger partial charge in [-0.1, -0.05) is 12.7 Å². The lowest BCUT2D eigenvalue weighted by atomic mass is 9.87. The Labute approximate surface area is 91.3 Å². The van der Waals surface area contributed by atoms with Crippen LogP contribution in [-0.4, -0.2) is 24.6 Å². The van der Waals surface area contributed by atoms with E-state index >= 15 is 0 Å². The average molecular weight is 208 g/mol. The first-order valence-corrected chi connectivity index (χ1v) is 4.97. The predicted octanol–water partition coefficient (Wildman–Crippen LogP) is 1.93. The van der Waals surface area contributed by atoms with E-state index in [0.717, 1.165) is 6.29 Å². The van der Waals surface area contributed by atoms with Crippen molar-refractivity contribution in [2.75, 3.05) is 0 Å². The Morgan fingerprint density at radius 1 is 1.20 bits per heavy atom. The van der Waals surface area contributed by atoms with E-state index in [1.54, 1.807) is 5.98 Å². The predicted molar refractivity (Wildman–Crippen MR) is 60.4 cm³/mol. The van der Waals surface area contributed by atoms with Crippen LogP contribution in [0.5, 0.6) is 0 Å². The highest BCUT2D eigenvalue weighted by Crippen LogP contribution is 2.37. The molecule has 1 aliphatic rings. The fourth-order valence-electron chi connectivity index (χ4n) is 1.27. The van der Waals surface area contributed by atoms with Gasteiger partial charge >= 0.3 is 7.12 Å². The molecule has 0 aromatic carbocycles. The summed E-state index contributed by atoms with van der Waals surface area (Å²) in [4.78, 5) is 10.6. The van der Waals surface area contributed by atoms with Crippen molar-refractivity contribution in [1.29, 1.82) is 0 Å². The molecule has 4 heteroatoms. The molecule has 0 unspecified atom stereocenters. The highest BCUT2D eigenvalue weighted by molar-refractivity contribution is 6.52. The number of aldehydes is 1. The van der Waals surface area contributed by atoms with Gasteiger partial charge in [0.25, 0.3) is 0 Å². The number of carbonyl (C=O) groups excluding carboxylic acids is 1. The van der Waals surface area contributed by atoms with E-state index in [2.05, 4.69) is 6.58 Å². The van der Waals surface area contributed by atoms with E-state index < -0.39 is 7.12 Å². The zero-order chi connectivity index (χ0) is 11.7. The van der Waals surface area contributed by atoms with Gasteiger partial charge in [-0.15, -0.1) is 0 Å². The summed E-state index contributed by atoms with van der Waals surface area (Å²) in [6.07, 6.45) is 2.22. The van der Waals surface area contributed by atoms with Crippen molar-refractivity contribution < 1.29 is 14.1 Å². The van der Waals surface area contributed by atoms with Gasteiger partial charge in [-0.3, -0.25) is 4.79 Å². The molecular weight excluding hydrogens is 191 g/mol. The van der Waals surface area contributed by atoms with Gasteiger partial charge in [-0.05, 0) is 33.7 Å². The van der Waals surface area contributed by atoms with Crippen LogP contribution in [0.1, 0.15) is 27.7 Å². The van der Waals surface area contributed by atoms with Gasteiger partial charge in [0.05, 0.1) is 11.2 Å². The van der Waals surface area contributed by atoms with Gasteiger partial charge in [0, 0.05) is 5.57 Å². The highest BCUT2D eigenvalue weighted by atomic mass is 16.7. The molecule has 15 heavy (non-hydrogen) atoms. The maximum Gasteiger partial charge on any atom is 0.487 e. The van der Waals surface area contributed by atoms with Gasteiger partial charge in [-0.2, -0.15) is 0 Å². The van der Waals surface area contributed by atoms with E-state index in [1.165, 1.54) is 6.08 Å². The van der Waals surface area contributed by atoms with Crippen molar-refractivity contribution in [3.63, 3.8) is 0 Å².